The summed E-state index contributed by atoms with van der Waals surface area (Å²) in [6.45, 7) is 7.37. The number of H-pyrrole nitrogens is 1. The fraction of sp³-hybridized carbons (Fsp3) is 0.235. The summed E-state index contributed by atoms with van der Waals surface area (Å²) in [5.74, 6) is 1.21. The molecule has 1 aliphatic rings. The highest BCUT2D eigenvalue weighted by molar-refractivity contribution is 6.04. The number of likely N-dealkylation sites (tertiary alicyclic amines) is 1. The summed E-state index contributed by atoms with van der Waals surface area (Å²) in [4.78, 5) is 32.1. The van der Waals surface area contributed by atoms with Crippen molar-refractivity contribution in [2.24, 2.45) is 0 Å². The number of pyridine rings is 1. The van der Waals surface area contributed by atoms with Crippen molar-refractivity contribution in [2.45, 2.75) is 39.2 Å². The summed E-state index contributed by atoms with van der Waals surface area (Å²) >= 11 is 0. The van der Waals surface area contributed by atoms with Crippen LogP contribution in [0.15, 0.2) is 79.0 Å². The molecular formula is C34H33FN6O3. The van der Waals surface area contributed by atoms with Gasteiger partial charge in [-0.25, -0.2) is 9.37 Å². The summed E-state index contributed by atoms with van der Waals surface area (Å²) < 4.78 is 19.6. The molecule has 5 aromatic rings. The number of rotatable bonds is 8. The average Bonchev–Trinajstić information content (AvgIpc) is 3.65. The standard InChI is InChI=1S/C34H33FN6O3/c1-20(2)28-12-11-25(17-21(28)3)38-33(42)23-5-4-6-27(18-23)44-29-13-15-36-31-30(29)32(40-39-31)37-26-14-16-41(19-26)34(43)22-7-9-24(35)10-8-22/h4-13,15,17-18,20,26H,14,16,19H2,1-3H3,(H,38,42)(H2,36,37,39,40)/t26-/m0/s1. The summed E-state index contributed by atoms with van der Waals surface area (Å²) in [5, 5.41) is 14.4. The molecule has 9 nitrogen and oxygen atoms in total. The van der Waals surface area contributed by atoms with Crippen LogP contribution in [0.1, 0.15) is 58.0 Å². The maximum Gasteiger partial charge on any atom is 0.255 e. The number of aromatic amines is 1. The van der Waals surface area contributed by atoms with Crippen LogP contribution in [0.3, 0.4) is 0 Å². The quantitative estimate of drug-likeness (QED) is 0.181. The molecule has 2 aromatic heterocycles. The van der Waals surface area contributed by atoms with Crippen LogP contribution in [-0.4, -0.2) is 51.0 Å². The summed E-state index contributed by atoms with van der Waals surface area (Å²) in [6, 6.07) is 20.2. The smallest absolute Gasteiger partial charge is 0.255 e. The molecule has 1 aliphatic heterocycles. The van der Waals surface area contributed by atoms with Gasteiger partial charge in [0.1, 0.15) is 22.7 Å². The minimum absolute atomic E-state index is 0.0516. The lowest BCUT2D eigenvalue weighted by atomic mass is 9.97. The monoisotopic (exact) mass is 592 g/mol. The second kappa shape index (κ2) is 12.2. The van der Waals surface area contributed by atoms with E-state index in [0.717, 1.165) is 11.3 Å². The Kier molecular flexibility index (Phi) is 7.97. The Morgan fingerprint density at radius 2 is 1.86 bits per heavy atom. The van der Waals surface area contributed by atoms with Gasteiger partial charge >= 0.3 is 0 Å². The highest BCUT2D eigenvalue weighted by atomic mass is 19.1. The van der Waals surface area contributed by atoms with Gasteiger partial charge in [0.2, 0.25) is 0 Å². The zero-order valence-electron chi connectivity index (χ0n) is 24.7. The first-order valence-electron chi connectivity index (χ1n) is 14.6. The van der Waals surface area contributed by atoms with Gasteiger partial charge in [0, 0.05) is 48.2 Å². The molecule has 0 bridgehead atoms. The molecular weight excluding hydrogens is 559 g/mol. The minimum atomic E-state index is -0.378. The third-order valence-corrected chi connectivity index (χ3v) is 7.80. The van der Waals surface area contributed by atoms with Crippen LogP contribution in [-0.2, 0) is 0 Å². The molecule has 224 valence electrons. The van der Waals surface area contributed by atoms with Crippen molar-refractivity contribution < 1.29 is 18.7 Å². The SMILES string of the molecule is Cc1cc(NC(=O)c2cccc(Oc3ccnc4[nH]nc(N[C@H]5CCN(C(=O)c6ccc(F)cc6)C5)c34)c2)ccc1C(C)C. The first-order chi connectivity index (χ1) is 21.2. The number of anilines is 2. The number of hydrogen-bond acceptors (Lipinski definition) is 6. The highest BCUT2D eigenvalue weighted by Crippen LogP contribution is 2.34. The third kappa shape index (κ3) is 6.10. The van der Waals surface area contributed by atoms with Gasteiger partial charge in [-0.15, -0.1) is 0 Å². The summed E-state index contributed by atoms with van der Waals surface area (Å²) in [7, 11) is 0. The van der Waals surface area contributed by atoms with Crippen molar-refractivity contribution in [3.63, 3.8) is 0 Å². The fourth-order valence-corrected chi connectivity index (χ4v) is 5.58. The predicted octanol–water partition coefficient (Wildman–Crippen LogP) is 6.90. The normalized spacial score (nSPS) is 14.7. The fourth-order valence-electron chi connectivity index (χ4n) is 5.58. The Bertz CT molecular complexity index is 1840. The Morgan fingerprint density at radius 3 is 2.64 bits per heavy atom. The van der Waals surface area contributed by atoms with Crippen LogP contribution in [0.2, 0.25) is 0 Å². The van der Waals surface area contributed by atoms with Crippen LogP contribution in [0.4, 0.5) is 15.9 Å². The van der Waals surface area contributed by atoms with Crippen LogP contribution < -0.4 is 15.4 Å². The molecule has 1 saturated heterocycles. The number of carbonyl (C=O) groups is 2. The highest BCUT2D eigenvalue weighted by Gasteiger charge is 2.28. The molecule has 0 radical (unpaired) electrons. The number of aromatic nitrogens is 3. The molecule has 10 heteroatoms. The number of carbonyl (C=O) groups excluding carboxylic acids is 2. The molecule has 2 amide bonds. The molecule has 3 N–H and O–H groups in total. The molecule has 44 heavy (non-hydrogen) atoms. The van der Waals surface area contributed by atoms with Gasteiger partial charge in [-0.3, -0.25) is 14.7 Å². The zero-order valence-corrected chi connectivity index (χ0v) is 24.7. The Morgan fingerprint density at radius 1 is 1.05 bits per heavy atom. The number of nitrogens with zero attached hydrogens (tertiary/aromatic N) is 3. The molecule has 0 aliphatic carbocycles. The third-order valence-electron chi connectivity index (χ3n) is 7.80. The van der Waals surface area contributed by atoms with E-state index in [0.29, 0.717) is 64.9 Å². The summed E-state index contributed by atoms with van der Waals surface area (Å²) in [5.41, 5.74) is 4.56. The van der Waals surface area contributed by atoms with E-state index >= 15 is 0 Å². The van der Waals surface area contributed by atoms with Gasteiger partial charge < -0.3 is 20.3 Å². The lowest BCUT2D eigenvalue weighted by molar-refractivity contribution is 0.0791. The van der Waals surface area contributed by atoms with E-state index in [9.17, 15) is 14.0 Å². The Balaban J connectivity index is 1.16. The molecule has 0 saturated carbocycles. The molecule has 0 spiro atoms. The zero-order chi connectivity index (χ0) is 30.8. The van der Waals surface area contributed by atoms with Gasteiger partial charge in [-0.05, 0) is 85.0 Å². The van der Waals surface area contributed by atoms with Gasteiger partial charge in [0.15, 0.2) is 11.5 Å². The van der Waals surface area contributed by atoms with E-state index in [4.69, 9.17) is 4.74 Å². The molecule has 1 fully saturated rings. The van der Waals surface area contributed by atoms with E-state index in [2.05, 4.69) is 39.7 Å². The molecule has 6 rings (SSSR count). The van der Waals surface area contributed by atoms with Crippen LogP contribution in [0, 0.1) is 12.7 Å². The van der Waals surface area contributed by atoms with E-state index < -0.39 is 0 Å². The Labute approximate surface area is 254 Å². The van der Waals surface area contributed by atoms with Crippen molar-refractivity contribution in [2.75, 3.05) is 23.7 Å². The number of amides is 2. The summed E-state index contributed by atoms with van der Waals surface area (Å²) in [6.07, 6.45) is 2.34. The van der Waals surface area contributed by atoms with E-state index in [-0.39, 0.29) is 23.7 Å². The first kappa shape index (κ1) is 28.9. The number of nitrogens with one attached hydrogen (secondary N) is 3. The minimum Gasteiger partial charge on any atom is -0.456 e. The number of halogens is 1. The number of fused-ring (bicyclic) bond motifs is 1. The van der Waals surface area contributed by atoms with Gasteiger partial charge in [0.25, 0.3) is 11.8 Å². The van der Waals surface area contributed by atoms with Gasteiger partial charge in [0.05, 0.1) is 0 Å². The second-order valence-corrected chi connectivity index (χ2v) is 11.3. The molecule has 1 atom stereocenters. The molecule has 3 heterocycles. The Hall–Kier alpha value is -5.25. The van der Waals surface area contributed by atoms with Crippen LogP contribution in [0.5, 0.6) is 11.5 Å². The van der Waals surface area contributed by atoms with E-state index in [1.807, 2.05) is 25.1 Å². The van der Waals surface area contributed by atoms with E-state index in [1.165, 1.54) is 29.8 Å². The number of ether oxygens (including phenoxy) is 1. The lowest BCUT2D eigenvalue weighted by Crippen LogP contribution is -2.31. The number of aryl methyl sites for hydroxylation is 1. The number of hydrogen-bond donors (Lipinski definition) is 3. The number of benzene rings is 3. The van der Waals surface area contributed by atoms with Crippen LogP contribution >= 0.6 is 0 Å². The van der Waals surface area contributed by atoms with Crippen molar-refractivity contribution in [3.05, 3.63) is 107 Å². The largest absolute Gasteiger partial charge is 0.456 e. The second-order valence-electron chi connectivity index (χ2n) is 11.3. The topological polar surface area (TPSA) is 112 Å². The predicted molar refractivity (Wildman–Crippen MR) is 168 cm³/mol. The van der Waals surface area contributed by atoms with Crippen LogP contribution in [0.25, 0.3) is 11.0 Å². The van der Waals surface area contributed by atoms with E-state index in [1.54, 1.807) is 41.4 Å². The maximum atomic E-state index is 13.3. The van der Waals surface area contributed by atoms with Gasteiger partial charge in [-0.2, -0.15) is 5.10 Å². The average molecular weight is 593 g/mol. The maximum absolute atomic E-state index is 13.3. The lowest BCUT2D eigenvalue weighted by Gasteiger charge is -2.17. The first-order valence-corrected chi connectivity index (χ1v) is 14.6. The van der Waals surface area contributed by atoms with Crippen molar-refractivity contribution in [1.29, 1.82) is 0 Å². The van der Waals surface area contributed by atoms with Crippen molar-refractivity contribution >= 4 is 34.4 Å². The van der Waals surface area contributed by atoms with Crippen molar-refractivity contribution in [3.8, 4) is 11.5 Å². The van der Waals surface area contributed by atoms with Crippen molar-refractivity contribution in [1.82, 2.24) is 20.1 Å². The molecule has 3 aromatic carbocycles. The van der Waals surface area contributed by atoms with Gasteiger partial charge in [-0.1, -0.05) is 26.0 Å². The molecule has 0 unspecified atom stereocenters.